The maximum absolute atomic E-state index is 13.9. The van der Waals surface area contributed by atoms with Crippen LogP contribution in [0.25, 0.3) is 0 Å². The Morgan fingerprint density at radius 2 is 2.00 bits per heavy atom. The van der Waals surface area contributed by atoms with E-state index in [0.29, 0.717) is 11.5 Å². The second kappa shape index (κ2) is 7.40. The first kappa shape index (κ1) is 19.8. The Balaban J connectivity index is 1.94. The Hall–Kier alpha value is -3.48. The molecule has 30 heavy (non-hydrogen) atoms. The van der Waals surface area contributed by atoms with Gasteiger partial charge in [-0.15, -0.1) is 0 Å². The van der Waals surface area contributed by atoms with Crippen LogP contribution in [-0.2, 0) is 17.3 Å². The molecule has 0 radical (unpaired) electrons. The van der Waals surface area contributed by atoms with Crippen molar-refractivity contribution in [2.45, 2.75) is 25.3 Å². The SMILES string of the molecule is CCOC(=O)c1cccc2c1C(=O)C(c1nccn1C)C(C)(c1ccc(F)cc1)N2. The zero-order valence-electron chi connectivity index (χ0n) is 17.0. The summed E-state index contributed by atoms with van der Waals surface area (Å²) in [6.07, 6.45) is 3.39. The number of esters is 1. The molecule has 0 saturated heterocycles. The first-order chi connectivity index (χ1) is 14.4. The number of hydrogen-bond acceptors (Lipinski definition) is 5. The van der Waals surface area contributed by atoms with E-state index in [1.807, 2.05) is 14.0 Å². The van der Waals surface area contributed by atoms with Crippen molar-refractivity contribution in [2.24, 2.45) is 7.05 Å². The number of aromatic nitrogens is 2. The minimum Gasteiger partial charge on any atom is -0.462 e. The number of halogens is 1. The molecule has 1 aliphatic rings. The summed E-state index contributed by atoms with van der Waals surface area (Å²) in [6, 6.07) is 11.1. The Morgan fingerprint density at radius 3 is 2.63 bits per heavy atom. The number of ketones is 1. The second-order valence-corrected chi connectivity index (χ2v) is 7.48. The van der Waals surface area contributed by atoms with Crippen LogP contribution in [-0.4, -0.2) is 27.9 Å². The monoisotopic (exact) mass is 407 g/mol. The van der Waals surface area contributed by atoms with Crippen molar-refractivity contribution in [3.63, 3.8) is 0 Å². The van der Waals surface area contributed by atoms with Gasteiger partial charge in [-0.2, -0.15) is 0 Å². The summed E-state index contributed by atoms with van der Waals surface area (Å²) in [7, 11) is 1.81. The first-order valence-corrected chi connectivity index (χ1v) is 9.72. The number of imidazole rings is 1. The van der Waals surface area contributed by atoms with Crippen LogP contribution < -0.4 is 5.32 Å². The highest BCUT2D eigenvalue weighted by atomic mass is 19.1. The van der Waals surface area contributed by atoms with Crippen molar-refractivity contribution in [1.82, 2.24) is 9.55 Å². The number of benzene rings is 2. The summed E-state index contributed by atoms with van der Waals surface area (Å²) < 4.78 is 20.5. The topological polar surface area (TPSA) is 73.2 Å². The lowest BCUT2D eigenvalue weighted by Gasteiger charge is -2.43. The molecule has 1 N–H and O–H groups in total. The maximum atomic E-state index is 13.9. The fourth-order valence-electron chi connectivity index (χ4n) is 4.13. The van der Waals surface area contributed by atoms with Gasteiger partial charge in [-0.25, -0.2) is 14.2 Å². The van der Waals surface area contributed by atoms with Crippen molar-refractivity contribution in [1.29, 1.82) is 0 Å². The molecule has 1 aliphatic heterocycles. The standard InChI is InChI=1S/C23H22FN3O3/c1-4-30-22(29)16-6-5-7-17-18(16)20(28)19(21-25-12-13-27(21)3)23(2,26-17)14-8-10-15(24)11-9-14/h5-13,19,26H,4H2,1-3H3. The Bertz CT molecular complexity index is 1120. The zero-order chi connectivity index (χ0) is 21.5. The molecule has 0 amide bonds. The van der Waals surface area contributed by atoms with Gasteiger partial charge < -0.3 is 14.6 Å². The lowest BCUT2D eigenvalue weighted by molar-refractivity contribution is 0.0521. The average Bonchev–Trinajstić information content (AvgIpc) is 3.13. The van der Waals surface area contributed by atoms with Gasteiger partial charge in [-0.1, -0.05) is 18.2 Å². The van der Waals surface area contributed by atoms with E-state index >= 15 is 0 Å². The van der Waals surface area contributed by atoms with Gasteiger partial charge >= 0.3 is 5.97 Å². The first-order valence-electron chi connectivity index (χ1n) is 9.72. The highest BCUT2D eigenvalue weighted by molar-refractivity contribution is 6.14. The number of nitrogens with zero attached hydrogens (tertiary/aromatic N) is 2. The molecule has 2 atom stereocenters. The van der Waals surface area contributed by atoms with Crippen LogP contribution in [0, 0.1) is 5.82 Å². The average molecular weight is 407 g/mol. The van der Waals surface area contributed by atoms with Crippen molar-refractivity contribution < 1.29 is 18.7 Å². The van der Waals surface area contributed by atoms with Crippen LogP contribution in [0.2, 0.25) is 0 Å². The molecule has 4 rings (SSSR count). The van der Waals surface area contributed by atoms with E-state index in [1.165, 1.54) is 12.1 Å². The molecule has 0 fully saturated rings. The third-order valence-electron chi connectivity index (χ3n) is 5.60. The van der Waals surface area contributed by atoms with Crippen LogP contribution in [0.1, 0.15) is 51.9 Å². The lowest BCUT2D eigenvalue weighted by Crippen LogP contribution is -2.47. The normalized spacial score (nSPS) is 20.4. The van der Waals surface area contributed by atoms with E-state index in [4.69, 9.17) is 4.74 Å². The Labute approximate surface area is 173 Å². The molecule has 2 heterocycles. The molecule has 0 aliphatic carbocycles. The van der Waals surface area contributed by atoms with E-state index in [2.05, 4.69) is 10.3 Å². The molecule has 2 unspecified atom stereocenters. The van der Waals surface area contributed by atoms with Crippen LogP contribution >= 0.6 is 0 Å². The van der Waals surface area contributed by atoms with Gasteiger partial charge in [0, 0.05) is 25.1 Å². The predicted molar refractivity (Wildman–Crippen MR) is 110 cm³/mol. The van der Waals surface area contributed by atoms with Crippen molar-refractivity contribution in [2.75, 3.05) is 11.9 Å². The van der Waals surface area contributed by atoms with Gasteiger partial charge in [0.2, 0.25) is 0 Å². The van der Waals surface area contributed by atoms with E-state index in [0.717, 1.165) is 5.56 Å². The summed E-state index contributed by atoms with van der Waals surface area (Å²) in [5.41, 5.74) is 0.848. The van der Waals surface area contributed by atoms with Gasteiger partial charge in [-0.3, -0.25) is 4.79 Å². The number of fused-ring (bicyclic) bond motifs is 1. The zero-order valence-corrected chi connectivity index (χ0v) is 17.0. The minimum atomic E-state index is -0.913. The third kappa shape index (κ3) is 3.07. The largest absolute Gasteiger partial charge is 0.462 e. The Morgan fingerprint density at radius 1 is 1.27 bits per heavy atom. The van der Waals surface area contributed by atoms with E-state index in [9.17, 15) is 14.0 Å². The molecular weight excluding hydrogens is 385 g/mol. The fraction of sp³-hybridized carbons (Fsp3) is 0.261. The number of aryl methyl sites for hydroxylation is 1. The van der Waals surface area contributed by atoms with Crippen LogP contribution in [0.15, 0.2) is 54.9 Å². The third-order valence-corrected chi connectivity index (χ3v) is 5.60. The molecule has 0 spiro atoms. The smallest absolute Gasteiger partial charge is 0.338 e. The highest BCUT2D eigenvalue weighted by Gasteiger charge is 2.49. The summed E-state index contributed by atoms with van der Waals surface area (Å²) in [4.78, 5) is 30.8. The molecule has 154 valence electrons. The molecule has 0 saturated carbocycles. The summed E-state index contributed by atoms with van der Waals surface area (Å²) >= 11 is 0. The molecule has 3 aromatic rings. The molecule has 7 heteroatoms. The molecule has 0 bridgehead atoms. The molecule has 2 aromatic carbocycles. The number of nitrogens with one attached hydrogen (secondary N) is 1. The molecular formula is C23H22FN3O3. The summed E-state index contributed by atoms with van der Waals surface area (Å²) in [5.74, 6) is -1.35. The van der Waals surface area contributed by atoms with E-state index < -0.39 is 17.4 Å². The van der Waals surface area contributed by atoms with E-state index in [-0.39, 0.29) is 29.3 Å². The minimum absolute atomic E-state index is 0.209. The Kier molecular flexibility index (Phi) is 4.89. The summed E-state index contributed by atoms with van der Waals surface area (Å²) in [5, 5.41) is 3.44. The molecule has 1 aromatic heterocycles. The second-order valence-electron chi connectivity index (χ2n) is 7.48. The van der Waals surface area contributed by atoms with Crippen molar-refractivity contribution >= 4 is 17.4 Å². The molecule has 6 nitrogen and oxygen atoms in total. The number of carbonyl (C=O) groups is 2. The lowest BCUT2D eigenvalue weighted by atomic mass is 9.71. The van der Waals surface area contributed by atoms with Gasteiger partial charge in [0.1, 0.15) is 17.6 Å². The number of carbonyl (C=O) groups excluding carboxylic acids is 2. The van der Waals surface area contributed by atoms with Crippen molar-refractivity contribution in [3.05, 3.63) is 83.2 Å². The number of ether oxygens (including phenoxy) is 1. The van der Waals surface area contributed by atoms with Gasteiger partial charge in [0.25, 0.3) is 0 Å². The van der Waals surface area contributed by atoms with Crippen LogP contribution in [0.4, 0.5) is 10.1 Å². The summed E-state index contributed by atoms with van der Waals surface area (Å²) in [6.45, 7) is 3.81. The van der Waals surface area contributed by atoms with Crippen LogP contribution in [0.5, 0.6) is 0 Å². The maximum Gasteiger partial charge on any atom is 0.338 e. The quantitative estimate of drug-likeness (QED) is 0.661. The predicted octanol–water partition coefficient (Wildman–Crippen LogP) is 4.04. The van der Waals surface area contributed by atoms with E-state index in [1.54, 1.807) is 54.2 Å². The number of anilines is 1. The number of rotatable bonds is 4. The number of hydrogen-bond donors (Lipinski definition) is 1. The van der Waals surface area contributed by atoms with Gasteiger partial charge in [0.15, 0.2) is 5.78 Å². The number of Topliss-reactive ketones (excluding diaryl/α,β-unsaturated/α-hetero) is 1. The highest BCUT2D eigenvalue weighted by Crippen LogP contribution is 2.47. The fourth-order valence-corrected chi connectivity index (χ4v) is 4.13. The van der Waals surface area contributed by atoms with Crippen molar-refractivity contribution in [3.8, 4) is 0 Å². The van der Waals surface area contributed by atoms with Crippen LogP contribution in [0.3, 0.4) is 0 Å². The van der Waals surface area contributed by atoms with Gasteiger partial charge in [0.05, 0.1) is 23.3 Å². The van der Waals surface area contributed by atoms with Gasteiger partial charge in [-0.05, 0) is 43.7 Å².